The quantitative estimate of drug-likeness (QED) is 0.119. The van der Waals surface area contributed by atoms with Gasteiger partial charge in [0.25, 0.3) is 0 Å². The van der Waals surface area contributed by atoms with Crippen LogP contribution in [0.3, 0.4) is 0 Å². The highest BCUT2D eigenvalue weighted by Gasteiger charge is 2.45. The van der Waals surface area contributed by atoms with Gasteiger partial charge in [-0.3, -0.25) is 0 Å². The van der Waals surface area contributed by atoms with Crippen molar-refractivity contribution >= 4 is 55.7 Å². The second-order valence-electron chi connectivity index (χ2n) is 18.4. The zero-order valence-electron chi connectivity index (χ0n) is 39.1. The molecule has 0 saturated carbocycles. The smallest absolute Gasteiger partial charge is 0.0714 e. The van der Waals surface area contributed by atoms with E-state index >= 15 is 0 Å². The lowest BCUT2D eigenvalue weighted by atomic mass is 9.67. The van der Waals surface area contributed by atoms with Crippen LogP contribution >= 0.6 is 0 Å². The Labute approximate surface area is 415 Å². The Morgan fingerprint density at radius 3 is 0.972 bits per heavy atom. The molecule has 2 heteroatoms. The van der Waals surface area contributed by atoms with Crippen LogP contribution in [0, 0.1) is 0 Å². The number of anilines is 6. The summed E-state index contributed by atoms with van der Waals surface area (Å²) in [6.07, 6.45) is 0. The highest BCUT2D eigenvalue weighted by molar-refractivity contribution is 6.20. The Balaban J connectivity index is 0.801. The van der Waals surface area contributed by atoms with Crippen LogP contribution < -0.4 is 9.80 Å². The maximum atomic E-state index is 2.41. The molecule has 0 fully saturated rings. The molecule has 71 heavy (non-hydrogen) atoms. The predicted octanol–water partition coefficient (Wildman–Crippen LogP) is 18.6. The fourth-order valence-electron chi connectivity index (χ4n) is 11.3. The summed E-state index contributed by atoms with van der Waals surface area (Å²) in [5, 5.41) is 5.26. The minimum absolute atomic E-state index is 0.416. The fourth-order valence-corrected chi connectivity index (χ4v) is 11.3. The number of benzene rings is 12. The standard InChI is InChI=1S/C69H48N2/c1-6-19-55(20-7-1)69(56-21-8-2-9-22-56)65-30-16-18-54-48-64(63-29-17-31-66(69)68(63)67(54)65)53-34-32-49(33-35-53)50-36-44-61(45-37-50)71(59-27-14-5-15-28-59)62-46-40-52(41-47-62)51-38-42-60(43-39-51)70(57-23-10-3-11-24-57)58-25-12-4-13-26-58/h1-48H. The van der Waals surface area contributed by atoms with E-state index in [0.29, 0.717) is 0 Å². The van der Waals surface area contributed by atoms with Gasteiger partial charge in [-0.25, -0.2) is 0 Å². The number of hydrogen-bond acceptors (Lipinski definition) is 2. The molecule has 0 atom stereocenters. The first-order valence-corrected chi connectivity index (χ1v) is 24.5. The molecule has 1 aliphatic carbocycles. The van der Waals surface area contributed by atoms with E-state index in [9.17, 15) is 0 Å². The summed E-state index contributed by atoms with van der Waals surface area (Å²) >= 11 is 0. The molecular formula is C69H48N2. The number of para-hydroxylation sites is 3. The van der Waals surface area contributed by atoms with Crippen molar-refractivity contribution < 1.29 is 0 Å². The van der Waals surface area contributed by atoms with E-state index in [1.54, 1.807) is 0 Å². The van der Waals surface area contributed by atoms with E-state index in [1.807, 2.05) is 0 Å². The molecule has 13 rings (SSSR count). The zero-order valence-corrected chi connectivity index (χ0v) is 39.1. The molecule has 0 saturated heterocycles. The van der Waals surface area contributed by atoms with Gasteiger partial charge in [0, 0.05) is 34.1 Å². The molecule has 0 bridgehead atoms. The third-order valence-corrected chi connectivity index (χ3v) is 14.5. The lowest BCUT2D eigenvalue weighted by Crippen LogP contribution is -2.28. The molecule has 0 unspecified atom stereocenters. The lowest BCUT2D eigenvalue weighted by Gasteiger charge is -2.34. The second-order valence-corrected chi connectivity index (χ2v) is 18.4. The molecule has 0 amide bonds. The Bertz CT molecular complexity index is 3720. The van der Waals surface area contributed by atoms with Gasteiger partial charge in [-0.05, 0) is 156 Å². The number of nitrogens with zero attached hydrogens (tertiary/aromatic N) is 2. The summed E-state index contributed by atoms with van der Waals surface area (Å²) < 4.78 is 0. The minimum atomic E-state index is -0.416. The monoisotopic (exact) mass is 904 g/mol. The SMILES string of the molecule is c1ccc(N(c2ccccc2)c2ccc(-c3ccc(N(c4ccccc4)c4ccc(-c5ccc(-c6cc7cccc8c7c7c(cccc67)C8(c6ccccc6)c6ccccc6)cc5)cc4)cc3)cc2)cc1. The Morgan fingerprint density at radius 2 is 0.563 bits per heavy atom. The van der Waals surface area contributed by atoms with Crippen LogP contribution in [-0.2, 0) is 5.41 Å². The maximum absolute atomic E-state index is 2.41. The van der Waals surface area contributed by atoms with Gasteiger partial charge in [-0.2, -0.15) is 0 Å². The lowest BCUT2D eigenvalue weighted by molar-refractivity contribution is 0.771. The minimum Gasteiger partial charge on any atom is -0.311 e. The van der Waals surface area contributed by atoms with Gasteiger partial charge in [0.1, 0.15) is 0 Å². The molecule has 12 aromatic carbocycles. The van der Waals surface area contributed by atoms with Crippen LogP contribution in [0.5, 0.6) is 0 Å². The summed E-state index contributed by atoms with van der Waals surface area (Å²) in [5.41, 5.74) is 18.7. The Morgan fingerprint density at radius 1 is 0.239 bits per heavy atom. The van der Waals surface area contributed by atoms with Gasteiger partial charge >= 0.3 is 0 Å². The van der Waals surface area contributed by atoms with E-state index in [2.05, 4.69) is 301 Å². The van der Waals surface area contributed by atoms with Crippen molar-refractivity contribution in [2.24, 2.45) is 0 Å². The molecule has 0 aliphatic heterocycles. The maximum Gasteiger partial charge on any atom is 0.0714 e. The van der Waals surface area contributed by atoms with Crippen molar-refractivity contribution in [2.75, 3.05) is 9.80 Å². The van der Waals surface area contributed by atoms with E-state index in [0.717, 1.165) is 34.1 Å². The molecule has 0 N–H and O–H groups in total. The van der Waals surface area contributed by atoms with Gasteiger partial charge in [-0.15, -0.1) is 0 Å². The number of hydrogen-bond donors (Lipinski definition) is 0. The largest absolute Gasteiger partial charge is 0.311 e. The first kappa shape index (κ1) is 41.9. The van der Waals surface area contributed by atoms with Gasteiger partial charge in [0.2, 0.25) is 0 Å². The van der Waals surface area contributed by atoms with E-state index in [-0.39, 0.29) is 0 Å². The zero-order chi connectivity index (χ0) is 47.1. The van der Waals surface area contributed by atoms with Crippen molar-refractivity contribution in [2.45, 2.75) is 5.41 Å². The van der Waals surface area contributed by atoms with Crippen LogP contribution in [0.15, 0.2) is 291 Å². The van der Waals surface area contributed by atoms with Gasteiger partial charge in [-0.1, -0.05) is 212 Å². The average Bonchev–Trinajstić information content (AvgIpc) is 3.77. The average molecular weight is 905 g/mol. The van der Waals surface area contributed by atoms with Crippen LogP contribution in [0.25, 0.3) is 54.9 Å². The summed E-state index contributed by atoms with van der Waals surface area (Å²) in [4.78, 5) is 4.63. The normalized spacial score (nSPS) is 12.3. The van der Waals surface area contributed by atoms with Crippen molar-refractivity contribution in [3.63, 3.8) is 0 Å². The van der Waals surface area contributed by atoms with Crippen LogP contribution in [0.4, 0.5) is 34.1 Å². The van der Waals surface area contributed by atoms with Crippen molar-refractivity contribution in [3.05, 3.63) is 313 Å². The third kappa shape index (κ3) is 7.19. The van der Waals surface area contributed by atoms with Gasteiger partial charge < -0.3 is 9.80 Å². The number of rotatable bonds is 11. The molecule has 0 spiro atoms. The van der Waals surface area contributed by atoms with E-state index in [1.165, 1.54) is 77.2 Å². The second kappa shape index (κ2) is 17.7. The van der Waals surface area contributed by atoms with Crippen molar-refractivity contribution in [1.29, 1.82) is 0 Å². The molecular weight excluding hydrogens is 857 g/mol. The van der Waals surface area contributed by atoms with Crippen molar-refractivity contribution in [3.8, 4) is 33.4 Å². The summed E-state index contributed by atoms with van der Waals surface area (Å²) in [6.45, 7) is 0. The molecule has 12 aromatic rings. The molecule has 1 aliphatic rings. The van der Waals surface area contributed by atoms with E-state index in [4.69, 9.17) is 0 Å². The van der Waals surface area contributed by atoms with Gasteiger partial charge in [0.15, 0.2) is 0 Å². The van der Waals surface area contributed by atoms with Crippen LogP contribution in [0.2, 0.25) is 0 Å². The Kier molecular flexibility index (Phi) is 10.4. The fraction of sp³-hybridized carbons (Fsp3) is 0.0145. The first-order chi connectivity index (χ1) is 35.2. The van der Waals surface area contributed by atoms with Crippen LogP contribution in [-0.4, -0.2) is 0 Å². The summed E-state index contributed by atoms with van der Waals surface area (Å²) in [5.74, 6) is 0. The third-order valence-electron chi connectivity index (χ3n) is 14.5. The van der Waals surface area contributed by atoms with Gasteiger partial charge in [0.05, 0.1) is 5.41 Å². The highest BCUT2D eigenvalue weighted by Crippen LogP contribution is 2.57. The highest BCUT2D eigenvalue weighted by atomic mass is 15.1. The van der Waals surface area contributed by atoms with Crippen molar-refractivity contribution in [1.82, 2.24) is 0 Å². The van der Waals surface area contributed by atoms with E-state index < -0.39 is 5.41 Å². The molecule has 0 heterocycles. The molecule has 0 radical (unpaired) electrons. The summed E-state index contributed by atoms with van der Waals surface area (Å²) in [6, 6.07) is 106. The Hall–Kier alpha value is -9.24. The molecule has 0 aromatic heterocycles. The summed E-state index contributed by atoms with van der Waals surface area (Å²) in [7, 11) is 0. The molecule has 334 valence electrons. The predicted molar refractivity (Wildman–Crippen MR) is 299 cm³/mol. The topological polar surface area (TPSA) is 6.48 Å². The first-order valence-electron chi connectivity index (χ1n) is 24.5. The molecule has 2 nitrogen and oxygen atoms in total. The van der Waals surface area contributed by atoms with Crippen LogP contribution in [0.1, 0.15) is 22.3 Å².